The van der Waals surface area contributed by atoms with Crippen LogP contribution in [0.2, 0.25) is 10.0 Å². The zero-order valence-electron chi connectivity index (χ0n) is 20.4. The van der Waals surface area contributed by atoms with Crippen LogP contribution in [-0.2, 0) is 11.4 Å². The van der Waals surface area contributed by atoms with E-state index in [1.54, 1.807) is 12.3 Å². The quantitative estimate of drug-likeness (QED) is 0.430. The van der Waals surface area contributed by atoms with E-state index in [4.69, 9.17) is 33.9 Å². The lowest BCUT2D eigenvalue weighted by molar-refractivity contribution is 0.186. The van der Waals surface area contributed by atoms with Gasteiger partial charge in [-0.2, -0.15) is 4.98 Å². The lowest BCUT2D eigenvalue weighted by Crippen LogP contribution is -2.53. The molecule has 2 aromatic heterocycles. The molecule has 1 spiro atoms. The Morgan fingerprint density at radius 3 is 2.66 bits per heavy atom. The highest BCUT2D eigenvalue weighted by Crippen LogP contribution is 2.48. The zero-order chi connectivity index (χ0) is 25.0. The maximum atomic E-state index is 12.8. The fourth-order valence-electron chi connectivity index (χ4n) is 5.54. The van der Waals surface area contributed by atoms with Crippen LogP contribution in [0.25, 0.3) is 16.8 Å². The number of aromatic nitrogens is 3. The van der Waals surface area contributed by atoms with E-state index in [1.165, 1.54) is 12.8 Å². The van der Waals surface area contributed by atoms with Gasteiger partial charge in [-0.1, -0.05) is 41.8 Å². The molecule has 1 saturated heterocycles. The Kier molecular flexibility index (Phi) is 6.64. The normalized spacial score (nSPS) is 21.2. The van der Waals surface area contributed by atoms with Crippen molar-refractivity contribution >= 4 is 52.0 Å². The van der Waals surface area contributed by atoms with Gasteiger partial charge in [0.15, 0.2) is 5.65 Å². The molecule has 2 aliphatic rings. The minimum absolute atomic E-state index is 0.172. The minimum atomic E-state index is -1.07. The lowest BCUT2D eigenvalue weighted by atomic mass is 9.74. The molecule has 0 unspecified atom stereocenters. The van der Waals surface area contributed by atoms with Crippen molar-refractivity contribution in [3.05, 3.63) is 40.6 Å². The molecule has 10 heteroatoms. The van der Waals surface area contributed by atoms with Crippen LogP contribution in [0.4, 0.5) is 11.8 Å². The van der Waals surface area contributed by atoms with Crippen molar-refractivity contribution in [1.82, 2.24) is 19.1 Å². The van der Waals surface area contributed by atoms with Gasteiger partial charge in [-0.3, -0.25) is 4.40 Å². The number of benzene rings is 1. The van der Waals surface area contributed by atoms with E-state index in [1.807, 2.05) is 43.5 Å². The van der Waals surface area contributed by atoms with Crippen LogP contribution in [0.15, 0.2) is 30.6 Å². The molecule has 35 heavy (non-hydrogen) atoms. The Bertz CT molecular complexity index is 1230. The van der Waals surface area contributed by atoms with Gasteiger partial charge >= 0.3 is 0 Å². The first kappa shape index (κ1) is 25.0. The Balaban J connectivity index is 1.42. The number of nitrogens with zero attached hydrogens (tertiary/aromatic N) is 4. The lowest BCUT2D eigenvalue weighted by Gasteiger charge is -2.44. The number of imidazole rings is 1. The number of hydrogen-bond donors (Lipinski definition) is 2. The molecule has 2 fully saturated rings. The molecular weight excluding hydrogens is 503 g/mol. The Morgan fingerprint density at radius 1 is 1.20 bits per heavy atom. The van der Waals surface area contributed by atoms with E-state index in [-0.39, 0.29) is 16.2 Å². The number of fused-ring (bicyclic) bond motifs is 1. The van der Waals surface area contributed by atoms with Crippen LogP contribution >= 0.6 is 23.2 Å². The largest absolute Gasteiger partial charge is 0.598 e. The van der Waals surface area contributed by atoms with E-state index >= 15 is 0 Å². The third-order valence-corrected chi connectivity index (χ3v) is 9.96. The number of piperidine rings is 1. The van der Waals surface area contributed by atoms with Crippen molar-refractivity contribution < 1.29 is 4.55 Å². The highest BCUT2D eigenvalue weighted by Gasteiger charge is 2.48. The Labute approximate surface area is 219 Å². The van der Waals surface area contributed by atoms with Gasteiger partial charge in [0.25, 0.3) is 0 Å². The predicted molar refractivity (Wildman–Crippen MR) is 145 cm³/mol. The molecule has 188 valence electrons. The SMILES string of the molecule is CC(C)(C)[S@@+]([O-])N[C@@H]1CCCC12CCN(c1nc(N)c(-c3cccc(Cl)c3Cl)c3nccn13)CC2. The van der Waals surface area contributed by atoms with Crippen LogP contribution in [0.5, 0.6) is 0 Å². The predicted octanol–water partition coefficient (Wildman–Crippen LogP) is 5.48. The summed E-state index contributed by atoms with van der Waals surface area (Å²) in [5.74, 6) is 1.16. The monoisotopic (exact) mass is 534 g/mol. The maximum absolute atomic E-state index is 12.8. The molecule has 3 heterocycles. The van der Waals surface area contributed by atoms with E-state index < -0.39 is 11.4 Å². The molecule has 0 amide bonds. The van der Waals surface area contributed by atoms with Crippen LogP contribution in [0, 0.1) is 5.41 Å². The van der Waals surface area contributed by atoms with Crippen molar-refractivity contribution in [1.29, 1.82) is 0 Å². The molecule has 1 aliphatic heterocycles. The van der Waals surface area contributed by atoms with Gasteiger partial charge in [-0.15, -0.1) is 4.72 Å². The summed E-state index contributed by atoms with van der Waals surface area (Å²) in [6.07, 6.45) is 9.13. The highest BCUT2D eigenvalue weighted by molar-refractivity contribution is 7.90. The van der Waals surface area contributed by atoms with E-state index in [0.717, 1.165) is 43.9 Å². The molecule has 0 radical (unpaired) electrons. The summed E-state index contributed by atoms with van der Waals surface area (Å²) < 4.78 is 18.0. The Morgan fingerprint density at radius 2 is 1.94 bits per heavy atom. The second kappa shape index (κ2) is 9.30. The standard InChI is InChI=1S/C25H32Cl2N6OS/c1-24(2,3)35(34)31-18-8-5-9-25(18)10-13-32(14-11-25)23-30-21(28)19(22-29-12-15-33(22)23)16-6-4-7-17(26)20(16)27/h4,6-7,12,15,18,31H,5,8-11,13-14,28H2,1-3H3/t18-,35-/m1/s1. The van der Waals surface area contributed by atoms with Crippen molar-refractivity contribution in [3.8, 4) is 11.1 Å². The molecule has 5 rings (SSSR count). The number of nitrogen functional groups attached to an aromatic ring is 1. The smallest absolute Gasteiger partial charge is 0.213 e. The van der Waals surface area contributed by atoms with Crippen molar-refractivity contribution in [2.24, 2.45) is 5.41 Å². The molecule has 1 saturated carbocycles. The van der Waals surface area contributed by atoms with Crippen LogP contribution in [-0.4, -0.2) is 42.8 Å². The van der Waals surface area contributed by atoms with Gasteiger partial charge in [0, 0.05) is 42.4 Å². The summed E-state index contributed by atoms with van der Waals surface area (Å²) in [5.41, 5.74) is 8.78. The van der Waals surface area contributed by atoms with Gasteiger partial charge in [0.2, 0.25) is 5.95 Å². The molecule has 1 aromatic carbocycles. The first-order chi connectivity index (χ1) is 16.6. The average Bonchev–Trinajstić information content (AvgIpc) is 3.44. The fraction of sp³-hybridized carbons (Fsp3) is 0.520. The van der Waals surface area contributed by atoms with Crippen LogP contribution < -0.4 is 15.4 Å². The summed E-state index contributed by atoms with van der Waals surface area (Å²) in [5, 5.41) is 0.901. The zero-order valence-corrected chi connectivity index (χ0v) is 22.7. The van der Waals surface area contributed by atoms with Gasteiger partial charge in [0.1, 0.15) is 10.6 Å². The number of nitrogens with one attached hydrogen (secondary N) is 1. The number of anilines is 2. The molecule has 1 aliphatic carbocycles. The molecule has 3 N–H and O–H groups in total. The van der Waals surface area contributed by atoms with Gasteiger partial charge in [-0.25, -0.2) is 4.98 Å². The average molecular weight is 536 g/mol. The summed E-state index contributed by atoms with van der Waals surface area (Å²) in [6.45, 7) is 7.78. The number of nitrogens with two attached hydrogens (primary N) is 1. The Hall–Kier alpha value is -1.71. The van der Waals surface area contributed by atoms with E-state index in [2.05, 4.69) is 14.6 Å². The number of rotatable bonds is 4. The summed E-state index contributed by atoms with van der Waals surface area (Å²) in [6, 6.07) is 5.76. The molecular formula is C25H32Cl2N6OS. The third kappa shape index (κ3) is 4.48. The number of hydrogen-bond acceptors (Lipinski definition) is 6. The molecule has 0 bridgehead atoms. The van der Waals surface area contributed by atoms with Crippen LogP contribution in [0.3, 0.4) is 0 Å². The van der Waals surface area contributed by atoms with Gasteiger partial charge in [-0.05, 0) is 57.9 Å². The van der Waals surface area contributed by atoms with Crippen molar-refractivity contribution in [2.45, 2.75) is 63.7 Å². The summed E-state index contributed by atoms with van der Waals surface area (Å²) in [4.78, 5) is 11.7. The van der Waals surface area contributed by atoms with Crippen LogP contribution in [0.1, 0.15) is 52.9 Å². The number of halogens is 2. The summed E-state index contributed by atoms with van der Waals surface area (Å²) >= 11 is 11.7. The first-order valence-corrected chi connectivity index (χ1v) is 14.0. The minimum Gasteiger partial charge on any atom is -0.598 e. The second-order valence-electron chi connectivity index (χ2n) is 10.7. The molecule has 7 nitrogen and oxygen atoms in total. The molecule has 2 atom stereocenters. The maximum Gasteiger partial charge on any atom is 0.213 e. The van der Waals surface area contributed by atoms with Gasteiger partial charge in [0.05, 0.1) is 21.7 Å². The van der Waals surface area contributed by atoms with Crippen molar-refractivity contribution in [3.63, 3.8) is 0 Å². The third-order valence-electron chi connectivity index (χ3n) is 7.53. The second-order valence-corrected chi connectivity index (χ2v) is 13.5. The van der Waals surface area contributed by atoms with E-state index in [0.29, 0.717) is 27.1 Å². The molecule has 3 aromatic rings. The fourth-order valence-corrected chi connectivity index (χ4v) is 6.91. The summed E-state index contributed by atoms with van der Waals surface area (Å²) in [7, 11) is 0. The highest BCUT2D eigenvalue weighted by atomic mass is 35.5. The first-order valence-electron chi connectivity index (χ1n) is 12.1. The van der Waals surface area contributed by atoms with Gasteiger partial charge < -0.3 is 15.2 Å². The van der Waals surface area contributed by atoms with Crippen molar-refractivity contribution in [2.75, 3.05) is 23.7 Å². The topological polar surface area (TPSA) is 94.5 Å². The van der Waals surface area contributed by atoms with E-state index in [9.17, 15) is 4.55 Å².